The van der Waals surface area contributed by atoms with Crippen LogP contribution in [0.1, 0.15) is 23.3 Å². The zero-order chi connectivity index (χ0) is 14.0. The molecule has 1 amide bonds. The van der Waals surface area contributed by atoms with E-state index in [1.165, 1.54) is 6.20 Å². The number of aromatic nitrogens is 1. The van der Waals surface area contributed by atoms with Gasteiger partial charge < -0.3 is 10.0 Å². The minimum atomic E-state index is -0.246. The Morgan fingerprint density at radius 1 is 1.42 bits per heavy atom. The highest BCUT2D eigenvalue weighted by Crippen LogP contribution is 2.32. The summed E-state index contributed by atoms with van der Waals surface area (Å²) in [4.78, 5) is 17.9. The van der Waals surface area contributed by atoms with Crippen molar-refractivity contribution in [3.05, 3.63) is 27.0 Å². The van der Waals surface area contributed by atoms with Gasteiger partial charge >= 0.3 is 0 Å². The van der Waals surface area contributed by atoms with Gasteiger partial charge in [0.1, 0.15) is 5.69 Å². The fraction of sp³-hybridized carbons (Fsp3) is 0.500. The lowest BCUT2D eigenvalue weighted by atomic mass is 10.1. The molecule has 0 aromatic carbocycles. The number of halogens is 3. The highest BCUT2D eigenvalue weighted by atomic mass is 35.5. The van der Waals surface area contributed by atoms with Gasteiger partial charge in [-0.05, 0) is 18.8 Å². The Balaban J connectivity index is 2.15. The maximum atomic E-state index is 12.3. The number of aliphatic hydroxyl groups is 1. The van der Waals surface area contributed by atoms with Crippen LogP contribution in [-0.4, -0.2) is 40.6 Å². The van der Waals surface area contributed by atoms with Gasteiger partial charge in [-0.25, -0.2) is 4.98 Å². The molecule has 1 N–H and O–H groups in total. The van der Waals surface area contributed by atoms with Crippen LogP contribution < -0.4 is 0 Å². The Labute approximate surface area is 126 Å². The molecule has 0 saturated carbocycles. The SMILES string of the molecule is O=C(c1ncc(Cl)c(Cl)c1Cl)N1CCC(CCO)C1. The van der Waals surface area contributed by atoms with E-state index in [1.807, 2.05) is 0 Å². The third-order valence-electron chi connectivity index (χ3n) is 3.23. The average molecular weight is 324 g/mol. The molecule has 7 heteroatoms. The summed E-state index contributed by atoms with van der Waals surface area (Å²) in [5, 5.41) is 9.37. The van der Waals surface area contributed by atoms with Crippen molar-refractivity contribution in [2.45, 2.75) is 12.8 Å². The molecule has 1 aromatic heterocycles. The van der Waals surface area contributed by atoms with Crippen molar-refractivity contribution in [1.82, 2.24) is 9.88 Å². The second kappa shape index (κ2) is 6.27. The maximum absolute atomic E-state index is 12.3. The van der Waals surface area contributed by atoms with Gasteiger partial charge in [-0.15, -0.1) is 0 Å². The third kappa shape index (κ3) is 3.14. The first-order chi connectivity index (χ1) is 9.04. The molecule has 1 fully saturated rings. The highest BCUT2D eigenvalue weighted by Gasteiger charge is 2.29. The number of carbonyl (C=O) groups is 1. The third-order valence-corrected chi connectivity index (χ3v) is 4.47. The van der Waals surface area contributed by atoms with Crippen LogP contribution in [0.3, 0.4) is 0 Å². The first-order valence-electron chi connectivity index (χ1n) is 5.94. The molecule has 1 atom stereocenters. The van der Waals surface area contributed by atoms with E-state index in [2.05, 4.69) is 4.98 Å². The predicted octanol–water partition coefficient (Wildman–Crippen LogP) is 2.89. The summed E-state index contributed by atoms with van der Waals surface area (Å²) in [7, 11) is 0. The van der Waals surface area contributed by atoms with Crippen LogP contribution in [0.25, 0.3) is 0 Å². The van der Waals surface area contributed by atoms with E-state index >= 15 is 0 Å². The fourth-order valence-electron chi connectivity index (χ4n) is 2.18. The Kier molecular flexibility index (Phi) is 4.90. The number of likely N-dealkylation sites (tertiary alicyclic amines) is 1. The van der Waals surface area contributed by atoms with Crippen LogP contribution in [0.2, 0.25) is 15.1 Å². The Morgan fingerprint density at radius 2 is 2.16 bits per heavy atom. The largest absolute Gasteiger partial charge is 0.396 e. The molecule has 0 radical (unpaired) electrons. The molecule has 0 spiro atoms. The molecule has 2 rings (SSSR count). The number of pyridine rings is 1. The Hall–Kier alpha value is -0.550. The molecule has 1 aliphatic rings. The van der Waals surface area contributed by atoms with Crippen LogP contribution in [0.4, 0.5) is 0 Å². The molecule has 1 aromatic rings. The maximum Gasteiger partial charge on any atom is 0.274 e. The van der Waals surface area contributed by atoms with Crippen LogP contribution in [0, 0.1) is 5.92 Å². The molecule has 0 aliphatic carbocycles. The number of rotatable bonds is 3. The first-order valence-corrected chi connectivity index (χ1v) is 7.07. The van der Waals surface area contributed by atoms with E-state index in [9.17, 15) is 4.79 Å². The van der Waals surface area contributed by atoms with E-state index in [0.29, 0.717) is 25.4 Å². The number of nitrogens with zero attached hydrogens (tertiary/aromatic N) is 2. The lowest BCUT2D eigenvalue weighted by Crippen LogP contribution is -2.29. The lowest BCUT2D eigenvalue weighted by Gasteiger charge is -2.17. The molecule has 2 heterocycles. The minimum absolute atomic E-state index is 0.0878. The zero-order valence-corrected chi connectivity index (χ0v) is 12.3. The summed E-state index contributed by atoms with van der Waals surface area (Å²) in [6.45, 7) is 1.39. The number of hydrogen-bond acceptors (Lipinski definition) is 3. The molecule has 104 valence electrons. The average Bonchev–Trinajstić information content (AvgIpc) is 2.85. The van der Waals surface area contributed by atoms with Gasteiger partial charge in [0.05, 0.1) is 15.1 Å². The first kappa shape index (κ1) is 14.9. The van der Waals surface area contributed by atoms with Crippen LogP contribution >= 0.6 is 34.8 Å². The van der Waals surface area contributed by atoms with Crippen molar-refractivity contribution in [2.24, 2.45) is 5.92 Å². The van der Waals surface area contributed by atoms with Gasteiger partial charge in [0.2, 0.25) is 0 Å². The smallest absolute Gasteiger partial charge is 0.274 e. The molecule has 1 unspecified atom stereocenters. The number of aliphatic hydroxyl groups excluding tert-OH is 1. The van der Waals surface area contributed by atoms with Crippen molar-refractivity contribution < 1.29 is 9.90 Å². The Bertz CT molecular complexity index is 496. The summed E-state index contributed by atoms with van der Waals surface area (Å²) in [6, 6.07) is 0. The van der Waals surface area contributed by atoms with E-state index in [-0.39, 0.29) is 33.3 Å². The quantitative estimate of drug-likeness (QED) is 0.930. The normalized spacial score (nSPS) is 18.9. The molecular formula is C12H13Cl3N2O2. The molecular weight excluding hydrogens is 311 g/mol. The van der Waals surface area contributed by atoms with E-state index in [0.717, 1.165) is 6.42 Å². The molecule has 1 aliphatic heterocycles. The Morgan fingerprint density at radius 3 is 2.84 bits per heavy atom. The molecule has 0 bridgehead atoms. The van der Waals surface area contributed by atoms with Crippen LogP contribution in [-0.2, 0) is 0 Å². The van der Waals surface area contributed by atoms with Gasteiger partial charge in [0, 0.05) is 25.9 Å². The van der Waals surface area contributed by atoms with Gasteiger partial charge in [-0.2, -0.15) is 0 Å². The van der Waals surface area contributed by atoms with E-state index in [1.54, 1.807) is 4.90 Å². The summed E-state index contributed by atoms with van der Waals surface area (Å²) in [5.74, 6) is 0.0829. The van der Waals surface area contributed by atoms with Gasteiger partial charge in [0.15, 0.2) is 0 Å². The van der Waals surface area contributed by atoms with Gasteiger partial charge in [0.25, 0.3) is 5.91 Å². The molecule has 4 nitrogen and oxygen atoms in total. The molecule has 19 heavy (non-hydrogen) atoms. The van der Waals surface area contributed by atoms with Crippen molar-refractivity contribution >= 4 is 40.7 Å². The summed E-state index contributed by atoms with van der Waals surface area (Å²) in [5.41, 5.74) is 0.126. The number of hydrogen-bond donors (Lipinski definition) is 1. The summed E-state index contributed by atoms with van der Waals surface area (Å²) in [6.07, 6.45) is 2.90. The zero-order valence-electron chi connectivity index (χ0n) is 10.1. The van der Waals surface area contributed by atoms with Crippen LogP contribution in [0.5, 0.6) is 0 Å². The summed E-state index contributed by atoms with van der Waals surface area (Å²) < 4.78 is 0. The van der Waals surface area contributed by atoms with Gasteiger partial charge in [-0.1, -0.05) is 34.8 Å². The monoisotopic (exact) mass is 322 g/mol. The van der Waals surface area contributed by atoms with Crippen LogP contribution in [0.15, 0.2) is 6.20 Å². The van der Waals surface area contributed by atoms with Gasteiger partial charge in [-0.3, -0.25) is 4.79 Å². The minimum Gasteiger partial charge on any atom is -0.396 e. The lowest BCUT2D eigenvalue weighted by molar-refractivity contribution is 0.0779. The summed E-state index contributed by atoms with van der Waals surface area (Å²) >= 11 is 17.7. The second-order valence-electron chi connectivity index (χ2n) is 4.50. The number of carbonyl (C=O) groups excluding carboxylic acids is 1. The van der Waals surface area contributed by atoms with Crippen molar-refractivity contribution in [3.63, 3.8) is 0 Å². The van der Waals surface area contributed by atoms with Crippen molar-refractivity contribution in [3.8, 4) is 0 Å². The van der Waals surface area contributed by atoms with Crippen molar-refractivity contribution in [2.75, 3.05) is 19.7 Å². The number of amides is 1. The molecule has 1 saturated heterocycles. The van der Waals surface area contributed by atoms with E-state index in [4.69, 9.17) is 39.9 Å². The second-order valence-corrected chi connectivity index (χ2v) is 5.66. The topological polar surface area (TPSA) is 53.4 Å². The fourth-order valence-corrected chi connectivity index (χ4v) is 2.74. The van der Waals surface area contributed by atoms with E-state index < -0.39 is 0 Å². The standard InChI is InChI=1S/C12H13Cl3N2O2/c13-8-5-16-11(10(15)9(8)14)12(19)17-3-1-7(6-17)2-4-18/h5,7,18H,1-4,6H2. The highest BCUT2D eigenvalue weighted by molar-refractivity contribution is 6.48. The van der Waals surface area contributed by atoms with Crippen molar-refractivity contribution in [1.29, 1.82) is 0 Å². The predicted molar refractivity (Wildman–Crippen MR) is 75.0 cm³/mol.